The van der Waals surface area contributed by atoms with Gasteiger partial charge in [-0.3, -0.25) is 0 Å². The minimum Gasteiger partial charge on any atom is -0.399 e. The van der Waals surface area contributed by atoms with Crippen molar-refractivity contribution in [1.29, 1.82) is 0 Å². The van der Waals surface area contributed by atoms with E-state index in [4.69, 9.17) is 5.73 Å². The second-order valence-corrected chi connectivity index (χ2v) is 6.02. The van der Waals surface area contributed by atoms with Crippen molar-refractivity contribution in [2.24, 2.45) is 0 Å². The van der Waals surface area contributed by atoms with E-state index in [-0.39, 0.29) is 11.1 Å². The van der Waals surface area contributed by atoms with Gasteiger partial charge in [-0.15, -0.1) is 0 Å². The van der Waals surface area contributed by atoms with Crippen molar-refractivity contribution in [2.75, 3.05) is 5.73 Å². The fraction of sp³-hybridized carbons (Fsp3) is 0.250. The van der Waals surface area contributed by atoms with Gasteiger partial charge in [0.2, 0.25) is 0 Å². The summed E-state index contributed by atoms with van der Waals surface area (Å²) >= 11 is 0. The summed E-state index contributed by atoms with van der Waals surface area (Å²) in [7, 11) is -3.60. The third kappa shape index (κ3) is 3.12. The Hall–Kier alpha value is -1.86. The first-order valence-corrected chi connectivity index (χ1v) is 7.26. The maximum Gasteiger partial charge on any atom is 0.258 e. The van der Waals surface area contributed by atoms with Gasteiger partial charge in [-0.05, 0) is 31.5 Å². The Kier molecular flexibility index (Phi) is 3.59. The molecule has 4 N–H and O–H groups in total. The second kappa shape index (κ2) is 5.02. The number of aromatic amines is 1. The summed E-state index contributed by atoms with van der Waals surface area (Å²) in [6.07, 6.45) is 1.30. The highest BCUT2D eigenvalue weighted by molar-refractivity contribution is 7.89. The number of H-pyrrole nitrogens is 1. The standard InChI is InChI=1S/C12H16N4O2S/c1-8(10-3-5-11(13)6-4-10)16-19(17,18)12-7-14-9(2)15-12/h3-8,16H,13H2,1-2H3,(H,14,15). The summed E-state index contributed by atoms with van der Waals surface area (Å²) in [5.74, 6) is 0.556. The van der Waals surface area contributed by atoms with E-state index in [9.17, 15) is 8.42 Å². The van der Waals surface area contributed by atoms with Gasteiger partial charge in [0.25, 0.3) is 10.0 Å². The van der Waals surface area contributed by atoms with E-state index >= 15 is 0 Å². The molecule has 7 heteroatoms. The zero-order valence-electron chi connectivity index (χ0n) is 10.7. The zero-order chi connectivity index (χ0) is 14.0. The number of imidazole rings is 1. The number of aryl methyl sites for hydroxylation is 1. The Morgan fingerprint density at radius 1 is 1.32 bits per heavy atom. The lowest BCUT2D eigenvalue weighted by Gasteiger charge is -2.13. The van der Waals surface area contributed by atoms with Gasteiger partial charge in [-0.25, -0.2) is 18.1 Å². The number of benzene rings is 1. The molecule has 2 aromatic rings. The summed E-state index contributed by atoms with van der Waals surface area (Å²) in [5, 5.41) is 0.0623. The number of nitrogens with one attached hydrogen (secondary N) is 2. The Balaban J connectivity index is 2.18. The molecule has 0 aliphatic heterocycles. The van der Waals surface area contributed by atoms with Gasteiger partial charge in [0, 0.05) is 11.7 Å². The Labute approximate surface area is 112 Å². The number of nitrogens with zero attached hydrogens (tertiary/aromatic N) is 1. The maximum absolute atomic E-state index is 12.1. The smallest absolute Gasteiger partial charge is 0.258 e. The maximum atomic E-state index is 12.1. The number of hydrogen-bond donors (Lipinski definition) is 3. The van der Waals surface area contributed by atoms with Gasteiger partial charge < -0.3 is 10.7 Å². The quantitative estimate of drug-likeness (QED) is 0.736. The molecule has 102 valence electrons. The van der Waals surface area contributed by atoms with Gasteiger partial charge >= 0.3 is 0 Å². The molecule has 0 bridgehead atoms. The van der Waals surface area contributed by atoms with E-state index in [2.05, 4.69) is 14.7 Å². The molecule has 0 amide bonds. The largest absolute Gasteiger partial charge is 0.399 e. The van der Waals surface area contributed by atoms with Gasteiger partial charge in [-0.2, -0.15) is 0 Å². The van der Waals surface area contributed by atoms with Crippen LogP contribution >= 0.6 is 0 Å². The van der Waals surface area contributed by atoms with Crippen molar-refractivity contribution in [3.8, 4) is 0 Å². The van der Waals surface area contributed by atoms with Gasteiger partial charge in [0.05, 0.1) is 6.20 Å². The molecule has 1 unspecified atom stereocenters. The van der Waals surface area contributed by atoms with E-state index in [1.54, 1.807) is 38.1 Å². The predicted molar refractivity (Wildman–Crippen MR) is 72.9 cm³/mol. The van der Waals surface area contributed by atoms with Crippen molar-refractivity contribution in [2.45, 2.75) is 24.9 Å². The van der Waals surface area contributed by atoms with Crippen LogP contribution in [0.25, 0.3) is 0 Å². The molecule has 0 saturated heterocycles. The minimum atomic E-state index is -3.60. The molecular formula is C12H16N4O2S. The lowest BCUT2D eigenvalue weighted by Crippen LogP contribution is -2.27. The van der Waals surface area contributed by atoms with Crippen molar-refractivity contribution >= 4 is 15.7 Å². The van der Waals surface area contributed by atoms with E-state index in [1.165, 1.54) is 6.20 Å². The first-order chi connectivity index (χ1) is 8.88. The summed E-state index contributed by atoms with van der Waals surface area (Å²) in [6, 6.07) is 6.71. The van der Waals surface area contributed by atoms with Crippen LogP contribution < -0.4 is 10.5 Å². The molecule has 6 nitrogen and oxygen atoms in total. The van der Waals surface area contributed by atoms with Gasteiger partial charge in [0.1, 0.15) is 5.82 Å². The lowest BCUT2D eigenvalue weighted by atomic mass is 10.1. The SMILES string of the molecule is Cc1ncc(S(=O)(=O)NC(C)c2ccc(N)cc2)[nH]1. The molecule has 0 fully saturated rings. The van der Waals surface area contributed by atoms with Crippen molar-refractivity contribution < 1.29 is 8.42 Å². The average molecular weight is 280 g/mol. The third-order valence-electron chi connectivity index (χ3n) is 2.74. The van der Waals surface area contributed by atoms with E-state index in [0.717, 1.165) is 5.56 Å². The van der Waals surface area contributed by atoms with Crippen LogP contribution in [-0.2, 0) is 10.0 Å². The molecule has 1 aromatic carbocycles. The zero-order valence-corrected chi connectivity index (χ0v) is 11.5. The molecule has 0 aliphatic rings. The Morgan fingerprint density at radius 2 is 1.95 bits per heavy atom. The number of anilines is 1. The highest BCUT2D eigenvalue weighted by atomic mass is 32.2. The van der Waals surface area contributed by atoms with Crippen molar-refractivity contribution in [3.05, 3.63) is 41.9 Å². The molecule has 0 radical (unpaired) electrons. The molecule has 0 aliphatic carbocycles. The van der Waals surface area contributed by atoms with Crippen LogP contribution in [0, 0.1) is 6.92 Å². The fourth-order valence-electron chi connectivity index (χ4n) is 1.68. The Morgan fingerprint density at radius 3 is 2.47 bits per heavy atom. The van der Waals surface area contributed by atoms with Gasteiger partial charge in [0.15, 0.2) is 5.03 Å². The predicted octanol–water partition coefficient (Wildman–Crippen LogP) is 1.34. The highest BCUT2D eigenvalue weighted by Gasteiger charge is 2.20. The molecular weight excluding hydrogens is 264 g/mol. The number of aromatic nitrogens is 2. The van der Waals surface area contributed by atoms with Crippen LogP contribution in [0.2, 0.25) is 0 Å². The average Bonchev–Trinajstić information content (AvgIpc) is 2.77. The molecule has 1 aromatic heterocycles. The monoisotopic (exact) mass is 280 g/mol. The normalized spacial score (nSPS) is 13.4. The molecule has 1 heterocycles. The molecule has 0 spiro atoms. The van der Waals surface area contributed by atoms with Crippen molar-refractivity contribution in [3.63, 3.8) is 0 Å². The van der Waals surface area contributed by atoms with Gasteiger partial charge in [-0.1, -0.05) is 12.1 Å². The number of nitrogens with two attached hydrogens (primary N) is 1. The molecule has 1 atom stereocenters. The number of sulfonamides is 1. The van der Waals surface area contributed by atoms with E-state index in [0.29, 0.717) is 11.5 Å². The third-order valence-corrected chi connectivity index (χ3v) is 4.19. The molecule has 19 heavy (non-hydrogen) atoms. The van der Waals surface area contributed by atoms with Crippen LogP contribution in [0.4, 0.5) is 5.69 Å². The Bertz CT molecular complexity index is 661. The summed E-state index contributed by atoms with van der Waals surface area (Å²) < 4.78 is 26.8. The summed E-state index contributed by atoms with van der Waals surface area (Å²) in [4.78, 5) is 6.58. The molecule has 0 saturated carbocycles. The summed E-state index contributed by atoms with van der Waals surface area (Å²) in [5.41, 5.74) is 7.08. The number of rotatable bonds is 4. The second-order valence-electron chi connectivity index (χ2n) is 4.34. The van der Waals surface area contributed by atoms with Crippen molar-refractivity contribution in [1.82, 2.24) is 14.7 Å². The van der Waals surface area contributed by atoms with E-state index in [1.807, 2.05) is 0 Å². The summed E-state index contributed by atoms with van der Waals surface area (Å²) in [6.45, 7) is 3.47. The topological polar surface area (TPSA) is 101 Å². The molecule has 2 rings (SSSR count). The number of nitrogen functional groups attached to an aromatic ring is 1. The van der Waals surface area contributed by atoms with E-state index < -0.39 is 10.0 Å². The lowest BCUT2D eigenvalue weighted by molar-refractivity contribution is 0.563. The van der Waals surface area contributed by atoms with Crippen LogP contribution in [0.1, 0.15) is 24.4 Å². The van der Waals surface area contributed by atoms with Crippen LogP contribution in [0.15, 0.2) is 35.5 Å². The first-order valence-electron chi connectivity index (χ1n) is 5.78. The fourth-order valence-corrected chi connectivity index (χ4v) is 2.89. The highest BCUT2D eigenvalue weighted by Crippen LogP contribution is 2.17. The van der Waals surface area contributed by atoms with Crippen LogP contribution in [-0.4, -0.2) is 18.4 Å². The van der Waals surface area contributed by atoms with Crippen LogP contribution in [0.5, 0.6) is 0 Å². The number of hydrogen-bond acceptors (Lipinski definition) is 4. The minimum absolute atomic E-state index is 0.0623. The van der Waals surface area contributed by atoms with Crippen LogP contribution in [0.3, 0.4) is 0 Å². The first kappa shape index (κ1) is 13.6.